The van der Waals surface area contributed by atoms with Crippen molar-refractivity contribution in [3.8, 4) is 0 Å². The van der Waals surface area contributed by atoms with E-state index in [-0.39, 0.29) is 0 Å². The summed E-state index contributed by atoms with van der Waals surface area (Å²) in [6, 6.07) is 3.90. The van der Waals surface area contributed by atoms with Gasteiger partial charge in [-0.1, -0.05) is 11.6 Å². The van der Waals surface area contributed by atoms with Gasteiger partial charge in [0, 0.05) is 24.4 Å². The molecule has 0 aromatic carbocycles. The Bertz CT molecular complexity index is 328. The number of hydrogen-bond acceptors (Lipinski definition) is 3. The van der Waals surface area contributed by atoms with Crippen LogP contribution in [0.15, 0.2) is 12.1 Å². The molecule has 1 unspecified atom stereocenters. The molecule has 0 aliphatic carbocycles. The van der Waals surface area contributed by atoms with Crippen molar-refractivity contribution < 1.29 is 5.11 Å². The SMILES string of the molecule is CN1CCC(O)(Cc2ccc(Cl)s2)C1. The van der Waals surface area contributed by atoms with Crippen molar-refractivity contribution in [2.24, 2.45) is 0 Å². The van der Waals surface area contributed by atoms with Crippen LogP contribution in [0.2, 0.25) is 4.34 Å². The van der Waals surface area contributed by atoms with Gasteiger partial charge in [0.15, 0.2) is 0 Å². The second kappa shape index (κ2) is 3.81. The lowest BCUT2D eigenvalue weighted by atomic mass is 9.98. The van der Waals surface area contributed by atoms with Crippen LogP contribution in [0.4, 0.5) is 0 Å². The minimum absolute atomic E-state index is 0.539. The van der Waals surface area contributed by atoms with Crippen molar-refractivity contribution in [3.63, 3.8) is 0 Å². The zero-order valence-electron chi connectivity index (χ0n) is 8.16. The number of halogens is 1. The van der Waals surface area contributed by atoms with Gasteiger partial charge in [0.1, 0.15) is 0 Å². The van der Waals surface area contributed by atoms with Crippen LogP contribution in [0.5, 0.6) is 0 Å². The molecule has 14 heavy (non-hydrogen) atoms. The minimum atomic E-state index is -0.539. The topological polar surface area (TPSA) is 23.5 Å². The van der Waals surface area contributed by atoms with Gasteiger partial charge in [0.05, 0.1) is 9.94 Å². The van der Waals surface area contributed by atoms with Gasteiger partial charge >= 0.3 is 0 Å². The van der Waals surface area contributed by atoms with Crippen LogP contribution >= 0.6 is 22.9 Å². The molecule has 1 N–H and O–H groups in total. The predicted molar refractivity (Wildman–Crippen MR) is 60.1 cm³/mol. The molecule has 0 saturated carbocycles. The van der Waals surface area contributed by atoms with Gasteiger partial charge in [-0.05, 0) is 25.6 Å². The third-order valence-electron chi connectivity index (χ3n) is 2.66. The van der Waals surface area contributed by atoms with E-state index in [2.05, 4.69) is 4.90 Å². The fourth-order valence-electron chi connectivity index (χ4n) is 1.97. The largest absolute Gasteiger partial charge is 0.388 e. The van der Waals surface area contributed by atoms with Crippen LogP contribution in [0.1, 0.15) is 11.3 Å². The Morgan fingerprint density at radius 1 is 1.64 bits per heavy atom. The maximum Gasteiger partial charge on any atom is 0.0931 e. The Balaban J connectivity index is 2.03. The molecule has 0 bridgehead atoms. The maximum atomic E-state index is 10.2. The van der Waals surface area contributed by atoms with Gasteiger partial charge in [0.25, 0.3) is 0 Å². The summed E-state index contributed by atoms with van der Waals surface area (Å²) in [6.45, 7) is 1.75. The third kappa shape index (κ3) is 2.28. The van der Waals surface area contributed by atoms with Gasteiger partial charge in [-0.2, -0.15) is 0 Å². The maximum absolute atomic E-state index is 10.2. The summed E-state index contributed by atoms with van der Waals surface area (Å²) in [6.07, 6.45) is 1.59. The second-order valence-corrected chi connectivity index (χ2v) is 5.89. The van der Waals surface area contributed by atoms with Gasteiger partial charge < -0.3 is 10.0 Å². The average Bonchev–Trinajstić information content (AvgIpc) is 2.60. The number of rotatable bonds is 2. The lowest BCUT2D eigenvalue weighted by Gasteiger charge is -2.21. The Morgan fingerprint density at radius 3 is 2.93 bits per heavy atom. The molecule has 1 aliphatic rings. The molecule has 1 aliphatic heterocycles. The molecular formula is C10H14ClNOS. The lowest BCUT2D eigenvalue weighted by molar-refractivity contribution is 0.0531. The summed E-state index contributed by atoms with van der Waals surface area (Å²) in [5, 5.41) is 10.2. The molecule has 1 saturated heterocycles. The van der Waals surface area contributed by atoms with Crippen molar-refractivity contribution in [2.75, 3.05) is 20.1 Å². The number of β-amino-alcohol motifs (C(OH)–C–C–N with tert-alkyl or cyclic N) is 1. The number of nitrogens with zero attached hydrogens (tertiary/aromatic N) is 1. The fraction of sp³-hybridized carbons (Fsp3) is 0.600. The number of likely N-dealkylation sites (N-methyl/N-ethyl adjacent to an activating group) is 1. The Kier molecular flexibility index (Phi) is 2.84. The number of hydrogen-bond donors (Lipinski definition) is 1. The monoisotopic (exact) mass is 231 g/mol. The molecule has 4 heteroatoms. The Hall–Kier alpha value is -0.0900. The van der Waals surface area contributed by atoms with Gasteiger partial charge in [-0.25, -0.2) is 0 Å². The molecule has 1 fully saturated rings. The molecule has 1 aromatic rings. The molecule has 2 rings (SSSR count). The Labute approximate surface area is 93.1 Å². The first-order valence-corrected chi connectivity index (χ1v) is 5.92. The van der Waals surface area contributed by atoms with E-state index in [1.807, 2.05) is 19.2 Å². The molecular weight excluding hydrogens is 218 g/mol. The van der Waals surface area contributed by atoms with E-state index in [1.54, 1.807) is 11.3 Å². The average molecular weight is 232 g/mol. The van der Waals surface area contributed by atoms with E-state index >= 15 is 0 Å². The molecule has 0 radical (unpaired) electrons. The summed E-state index contributed by atoms with van der Waals surface area (Å²) in [7, 11) is 2.04. The minimum Gasteiger partial charge on any atom is -0.388 e. The predicted octanol–water partition coefficient (Wildman–Crippen LogP) is 2.01. The molecule has 2 heterocycles. The number of aliphatic hydroxyl groups is 1. The van der Waals surface area contributed by atoms with Crippen molar-refractivity contribution in [2.45, 2.75) is 18.4 Å². The number of thiophene rings is 1. The van der Waals surface area contributed by atoms with Gasteiger partial charge in [-0.15, -0.1) is 11.3 Å². The van der Waals surface area contributed by atoms with Crippen LogP contribution in [0, 0.1) is 0 Å². The van der Waals surface area contributed by atoms with E-state index in [0.29, 0.717) is 0 Å². The van der Waals surface area contributed by atoms with Crippen molar-refractivity contribution in [3.05, 3.63) is 21.3 Å². The standard InChI is InChI=1S/C10H14ClNOS/c1-12-5-4-10(13,7-12)6-8-2-3-9(11)14-8/h2-3,13H,4-7H2,1H3. The zero-order chi connectivity index (χ0) is 10.2. The highest BCUT2D eigenvalue weighted by Crippen LogP contribution is 2.29. The first kappa shape index (κ1) is 10.4. The first-order valence-electron chi connectivity index (χ1n) is 4.73. The van der Waals surface area contributed by atoms with Crippen LogP contribution in [-0.4, -0.2) is 35.7 Å². The summed E-state index contributed by atoms with van der Waals surface area (Å²) in [5.74, 6) is 0. The molecule has 0 spiro atoms. The van der Waals surface area contributed by atoms with E-state index in [9.17, 15) is 5.11 Å². The van der Waals surface area contributed by atoms with Gasteiger partial charge in [-0.3, -0.25) is 0 Å². The van der Waals surface area contributed by atoms with Crippen molar-refractivity contribution in [1.82, 2.24) is 4.90 Å². The molecule has 1 atom stereocenters. The highest BCUT2D eigenvalue weighted by atomic mass is 35.5. The summed E-state index contributed by atoms with van der Waals surface area (Å²) < 4.78 is 0.801. The summed E-state index contributed by atoms with van der Waals surface area (Å²) in [5.41, 5.74) is -0.539. The first-order chi connectivity index (χ1) is 6.57. The summed E-state index contributed by atoms with van der Waals surface area (Å²) >= 11 is 7.41. The molecule has 1 aromatic heterocycles. The second-order valence-electron chi connectivity index (χ2n) is 4.09. The van der Waals surface area contributed by atoms with Crippen LogP contribution in [-0.2, 0) is 6.42 Å². The number of likely N-dealkylation sites (tertiary alicyclic amines) is 1. The van der Waals surface area contributed by atoms with Gasteiger partial charge in [0.2, 0.25) is 0 Å². The van der Waals surface area contributed by atoms with Crippen LogP contribution < -0.4 is 0 Å². The van der Waals surface area contributed by atoms with Crippen LogP contribution in [0.25, 0.3) is 0 Å². The van der Waals surface area contributed by atoms with Crippen molar-refractivity contribution in [1.29, 1.82) is 0 Å². The molecule has 0 amide bonds. The highest BCUT2D eigenvalue weighted by molar-refractivity contribution is 7.16. The van der Waals surface area contributed by atoms with Crippen LogP contribution in [0.3, 0.4) is 0 Å². The smallest absolute Gasteiger partial charge is 0.0931 e. The lowest BCUT2D eigenvalue weighted by Crippen LogP contribution is -2.33. The Morgan fingerprint density at radius 2 is 2.43 bits per heavy atom. The van der Waals surface area contributed by atoms with E-state index in [4.69, 9.17) is 11.6 Å². The van der Waals surface area contributed by atoms with Crippen molar-refractivity contribution >= 4 is 22.9 Å². The quantitative estimate of drug-likeness (QED) is 0.842. The summed E-state index contributed by atoms with van der Waals surface area (Å²) in [4.78, 5) is 3.34. The molecule has 78 valence electrons. The fourth-order valence-corrected chi connectivity index (χ4v) is 3.20. The highest BCUT2D eigenvalue weighted by Gasteiger charge is 2.34. The third-order valence-corrected chi connectivity index (χ3v) is 3.89. The molecule has 2 nitrogen and oxygen atoms in total. The zero-order valence-corrected chi connectivity index (χ0v) is 9.74. The van der Waals surface area contributed by atoms with E-state index < -0.39 is 5.60 Å². The normalized spacial score (nSPS) is 28.5. The van der Waals surface area contributed by atoms with E-state index in [0.717, 1.165) is 30.3 Å². The van der Waals surface area contributed by atoms with E-state index in [1.165, 1.54) is 4.88 Å².